The summed E-state index contributed by atoms with van der Waals surface area (Å²) in [6, 6.07) is 5.27. The molecule has 1 fully saturated rings. The van der Waals surface area contributed by atoms with Crippen LogP contribution in [0.3, 0.4) is 0 Å². The second kappa shape index (κ2) is 9.48. The fourth-order valence-corrected chi connectivity index (χ4v) is 2.89. The second-order valence-corrected chi connectivity index (χ2v) is 6.48. The molecule has 1 aliphatic heterocycles. The number of carbonyl (C=O) groups is 1. The van der Waals surface area contributed by atoms with Crippen molar-refractivity contribution in [2.75, 3.05) is 72.9 Å². The molecule has 2 rings (SSSR count). The molecule has 2 amide bonds. The maximum atomic E-state index is 12.5. The zero-order valence-corrected chi connectivity index (χ0v) is 15.7. The van der Waals surface area contributed by atoms with Crippen LogP contribution in [-0.4, -0.2) is 88.3 Å². The summed E-state index contributed by atoms with van der Waals surface area (Å²) in [5, 5.41) is 2.94. The summed E-state index contributed by atoms with van der Waals surface area (Å²) in [5.74, 6) is 1.30. The first-order chi connectivity index (χ1) is 12.0. The molecular formula is C18H30N4O3. The topological polar surface area (TPSA) is 57.3 Å². The highest BCUT2D eigenvalue weighted by molar-refractivity contribution is 5.91. The van der Waals surface area contributed by atoms with E-state index in [9.17, 15) is 4.79 Å². The first-order valence-corrected chi connectivity index (χ1v) is 8.68. The lowest BCUT2D eigenvalue weighted by Crippen LogP contribution is -2.50. The van der Waals surface area contributed by atoms with E-state index >= 15 is 0 Å². The predicted molar refractivity (Wildman–Crippen MR) is 99.7 cm³/mol. The predicted octanol–water partition coefficient (Wildman–Crippen LogP) is 1.80. The standard InChI is InChI=1S/C18H30N4O3/c1-20(2)8-5-9-21-10-12-22(13-11-21)18(23)19-16-14-15(24-3)6-7-17(16)25-4/h6-7,14H,5,8-13H2,1-4H3,(H,19,23). The highest BCUT2D eigenvalue weighted by atomic mass is 16.5. The zero-order valence-electron chi connectivity index (χ0n) is 15.7. The molecule has 1 aromatic rings. The number of nitrogens with zero attached hydrogens (tertiary/aromatic N) is 3. The summed E-state index contributed by atoms with van der Waals surface area (Å²) < 4.78 is 10.5. The minimum Gasteiger partial charge on any atom is -0.497 e. The Morgan fingerprint density at radius 3 is 2.48 bits per heavy atom. The van der Waals surface area contributed by atoms with Crippen molar-refractivity contribution in [2.24, 2.45) is 0 Å². The van der Waals surface area contributed by atoms with E-state index in [1.807, 2.05) is 4.90 Å². The fraction of sp³-hybridized carbons (Fsp3) is 0.611. The number of hydrogen-bond donors (Lipinski definition) is 1. The molecule has 7 heteroatoms. The molecule has 1 N–H and O–H groups in total. The smallest absolute Gasteiger partial charge is 0.322 e. The van der Waals surface area contributed by atoms with Crippen molar-refractivity contribution >= 4 is 11.7 Å². The van der Waals surface area contributed by atoms with Gasteiger partial charge in [0.25, 0.3) is 0 Å². The first-order valence-electron chi connectivity index (χ1n) is 8.68. The minimum absolute atomic E-state index is 0.0977. The quantitative estimate of drug-likeness (QED) is 0.813. The van der Waals surface area contributed by atoms with Gasteiger partial charge in [0.1, 0.15) is 11.5 Å². The molecule has 0 aliphatic carbocycles. The van der Waals surface area contributed by atoms with Crippen LogP contribution in [0.2, 0.25) is 0 Å². The van der Waals surface area contributed by atoms with Crippen molar-refractivity contribution in [3.05, 3.63) is 18.2 Å². The molecule has 1 aromatic carbocycles. The zero-order chi connectivity index (χ0) is 18.2. The molecule has 1 heterocycles. The van der Waals surface area contributed by atoms with Crippen LogP contribution in [0.15, 0.2) is 18.2 Å². The summed E-state index contributed by atoms with van der Waals surface area (Å²) in [4.78, 5) is 19.0. The molecule has 0 aromatic heterocycles. The Hall–Kier alpha value is -1.99. The summed E-state index contributed by atoms with van der Waals surface area (Å²) in [6.07, 6.45) is 1.15. The number of methoxy groups -OCH3 is 2. The van der Waals surface area contributed by atoms with E-state index in [1.54, 1.807) is 32.4 Å². The van der Waals surface area contributed by atoms with E-state index < -0.39 is 0 Å². The molecule has 0 bridgehead atoms. The van der Waals surface area contributed by atoms with Gasteiger partial charge in [-0.15, -0.1) is 0 Å². The maximum absolute atomic E-state index is 12.5. The molecule has 140 valence electrons. The molecule has 0 spiro atoms. The Kier molecular flexibility index (Phi) is 7.33. The third-order valence-electron chi connectivity index (χ3n) is 4.39. The third kappa shape index (κ3) is 5.79. The van der Waals surface area contributed by atoms with Crippen LogP contribution in [0, 0.1) is 0 Å². The van der Waals surface area contributed by atoms with Crippen molar-refractivity contribution in [3.63, 3.8) is 0 Å². The van der Waals surface area contributed by atoms with Crippen LogP contribution in [-0.2, 0) is 0 Å². The van der Waals surface area contributed by atoms with Crippen molar-refractivity contribution in [2.45, 2.75) is 6.42 Å². The van der Waals surface area contributed by atoms with Gasteiger partial charge in [-0.05, 0) is 45.7 Å². The Morgan fingerprint density at radius 2 is 1.88 bits per heavy atom. The van der Waals surface area contributed by atoms with Crippen molar-refractivity contribution in [1.29, 1.82) is 0 Å². The minimum atomic E-state index is -0.0977. The van der Waals surface area contributed by atoms with Crippen LogP contribution < -0.4 is 14.8 Å². The highest BCUT2D eigenvalue weighted by Crippen LogP contribution is 2.29. The molecule has 1 aliphatic rings. The Labute approximate surface area is 150 Å². The monoisotopic (exact) mass is 350 g/mol. The van der Waals surface area contributed by atoms with Crippen LogP contribution in [0.25, 0.3) is 0 Å². The van der Waals surface area contributed by atoms with Crippen LogP contribution in [0.5, 0.6) is 11.5 Å². The van der Waals surface area contributed by atoms with E-state index in [1.165, 1.54) is 0 Å². The lowest BCUT2D eigenvalue weighted by Gasteiger charge is -2.35. The average Bonchev–Trinajstić information content (AvgIpc) is 2.61. The van der Waals surface area contributed by atoms with Crippen molar-refractivity contribution in [3.8, 4) is 11.5 Å². The summed E-state index contributed by atoms with van der Waals surface area (Å²) >= 11 is 0. The van der Waals surface area contributed by atoms with Crippen LogP contribution in [0.1, 0.15) is 6.42 Å². The lowest BCUT2D eigenvalue weighted by atomic mass is 10.2. The number of rotatable bonds is 7. The molecule has 0 saturated carbocycles. The first kappa shape index (κ1) is 19.3. The third-order valence-corrected chi connectivity index (χ3v) is 4.39. The van der Waals surface area contributed by atoms with E-state index in [0.29, 0.717) is 17.2 Å². The van der Waals surface area contributed by atoms with Gasteiger partial charge in [-0.1, -0.05) is 0 Å². The number of amides is 2. The Bertz CT molecular complexity index is 557. The Morgan fingerprint density at radius 1 is 1.16 bits per heavy atom. The number of anilines is 1. The average molecular weight is 350 g/mol. The number of ether oxygens (including phenoxy) is 2. The molecule has 0 unspecified atom stereocenters. The van der Waals surface area contributed by atoms with E-state index in [2.05, 4.69) is 29.2 Å². The largest absolute Gasteiger partial charge is 0.497 e. The van der Waals surface area contributed by atoms with Gasteiger partial charge in [0, 0.05) is 32.2 Å². The van der Waals surface area contributed by atoms with Crippen LogP contribution >= 0.6 is 0 Å². The molecular weight excluding hydrogens is 320 g/mol. The van der Waals surface area contributed by atoms with Gasteiger partial charge in [-0.25, -0.2) is 4.79 Å². The van der Waals surface area contributed by atoms with E-state index in [4.69, 9.17) is 9.47 Å². The fourth-order valence-electron chi connectivity index (χ4n) is 2.89. The highest BCUT2D eigenvalue weighted by Gasteiger charge is 2.21. The van der Waals surface area contributed by atoms with Gasteiger partial charge in [-0.2, -0.15) is 0 Å². The van der Waals surface area contributed by atoms with Crippen LogP contribution in [0.4, 0.5) is 10.5 Å². The van der Waals surface area contributed by atoms with E-state index in [0.717, 1.165) is 45.7 Å². The number of hydrogen-bond acceptors (Lipinski definition) is 5. The van der Waals surface area contributed by atoms with Gasteiger partial charge in [0.2, 0.25) is 0 Å². The SMILES string of the molecule is COc1ccc(OC)c(NC(=O)N2CCN(CCCN(C)C)CC2)c1. The summed E-state index contributed by atoms with van der Waals surface area (Å²) in [5.41, 5.74) is 0.625. The molecule has 0 atom stereocenters. The van der Waals surface area contributed by atoms with Gasteiger partial charge in [0.15, 0.2) is 0 Å². The molecule has 7 nitrogen and oxygen atoms in total. The van der Waals surface area contributed by atoms with Gasteiger partial charge < -0.3 is 24.6 Å². The number of piperazine rings is 1. The lowest BCUT2D eigenvalue weighted by molar-refractivity contribution is 0.144. The number of nitrogens with one attached hydrogen (secondary N) is 1. The maximum Gasteiger partial charge on any atom is 0.322 e. The van der Waals surface area contributed by atoms with Crippen molar-refractivity contribution < 1.29 is 14.3 Å². The molecule has 1 saturated heterocycles. The summed E-state index contributed by atoms with van der Waals surface area (Å²) in [6.45, 7) is 5.47. The molecule has 0 radical (unpaired) electrons. The second-order valence-electron chi connectivity index (χ2n) is 6.48. The normalized spacial score (nSPS) is 15.3. The number of urea groups is 1. The number of benzene rings is 1. The van der Waals surface area contributed by atoms with Gasteiger partial charge in [-0.3, -0.25) is 4.90 Å². The Balaban J connectivity index is 1.84. The van der Waals surface area contributed by atoms with E-state index in [-0.39, 0.29) is 6.03 Å². The summed E-state index contributed by atoms with van der Waals surface area (Å²) in [7, 11) is 7.37. The molecule has 25 heavy (non-hydrogen) atoms. The van der Waals surface area contributed by atoms with Gasteiger partial charge >= 0.3 is 6.03 Å². The number of carbonyl (C=O) groups excluding carboxylic acids is 1. The van der Waals surface area contributed by atoms with Crippen molar-refractivity contribution in [1.82, 2.24) is 14.7 Å². The van der Waals surface area contributed by atoms with Gasteiger partial charge in [0.05, 0.1) is 19.9 Å².